The van der Waals surface area contributed by atoms with Crippen LogP contribution in [0.5, 0.6) is 0 Å². The Hall–Kier alpha value is -4.73. The molecule has 4 aromatic heterocycles. The molecule has 5 rings (SSSR count). The fourth-order valence-corrected chi connectivity index (χ4v) is 4.07. The maximum absolute atomic E-state index is 11.8. The lowest BCUT2D eigenvalue weighted by molar-refractivity contribution is 0.0955. The molecule has 36 heavy (non-hydrogen) atoms. The van der Waals surface area contributed by atoms with Gasteiger partial charge in [0.2, 0.25) is 0 Å². The van der Waals surface area contributed by atoms with E-state index in [9.17, 15) is 9.90 Å². The van der Waals surface area contributed by atoms with Crippen molar-refractivity contribution in [2.75, 3.05) is 5.73 Å². The predicted molar refractivity (Wildman–Crippen MR) is 137 cm³/mol. The van der Waals surface area contributed by atoms with Gasteiger partial charge in [-0.05, 0) is 62.7 Å². The number of H-pyrrole nitrogens is 1. The Bertz CT molecular complexity index is 1530. The number of carbonyl (C=O) groups is 1. The van der Waals surface area contributed by atoms with E-state index in [1.54, 1.807) is 18.6 Å². The molecule has 182 valence electrons. The van der Waals surface area contributed by atoms with Crippen molar-refractivity contribution in [3.63, 3.8) is 0 Å². The highest BCUT2D eigenvalue weighted by Crippen LogP contribution is 2.32. The third-order valence-corrected chi connectivity index (χ3v) is 5.95. The minimum atomic E-state index is -0.961. The summed E-state index contributed by atoms with van der Waals surface area (Å²) in [6.07, 6.45) is 4.18. The number of anilines is 1. The first-order valence-electron chi connectivity index (χ1n) is 11.4. The lowest BCUT2D eigenvalue weighted by atomic mass is 10.1. The van der Waals surface area contributed by atoms with Gasteiger partial charge in [0.25, 0.3) is 0 Å². The van der Waals surface area contributed by atoms with Gasteiger partial charge in [-0.25, -0.2) is 19.7 Å². The highest BCUT2D eigenvalue weighted by atomic mass is 16.4. The minimum Gasteiger partial charge on any atom is -0.465 e. The number of aromatic nitrogens is 6. The van der Waals surface area contributed by atoms with Gasteiger partial charge in [-0.2, -0.15) is 5.10 Å². The maximum atomic E-state index is 11.8. The molecule has 4 heterocycles. The van der Waals surface area contributed by atoms with Gasteiger partial charge in [-0.3, -0.25) is 14.6 Å². The molecule has 0 bridgehead atoms. The molecule has 5 aromatic rings. The van der Waals surface area contributed by atoms with Crippen molar-refractivity contribution in [3.05, 3.63) is 72.7 Å². The number of rotatable bonds is 5. The third kappa shape index (κ3) is 4.24. The second-order valence-electron chi connectivity index (χ2n) is 9.44. The van der Waals surface area contributed by atoms with Gasteiger partial charge in [-0.1, -0.05) is 12.1 Å². The van der Waals surface area contributed by atoms with Crippen molar-refractivity contribution in [2.24, 2.45) is 0 Å². The zero-order chi connectivity index (χ0) is 25.4. The van der Waals surface area contributed by atoms with Crippen LogP contribution in [-0.4, -0.2) is 51.4 Å². The Kier molecular flexibility index (Phi) is 5.63. The van der Waals surface area contributed by atoms with E-state index in [2.05, 4.69) is 15.2 Å². The van der Waals surface area contributed by atoms with Gasteiger partial charge in [0, 0.05) is 35.7 Å². The van der Waals surface area contributed by atoms with E-state index in [1.165, 1.54) is 4.90 Å². The molecule has 0 spiro atoms. The molecule has 10 heteroatoms. The van der Waals surface area contributed by atoms with E-state index in [4.69, 9.17) is 15.7 Å². The van der Waals surface area contributed by atoms with Gasteiger partial charge in [0.15, 0.2) is 11.5 Å². The van der Waals surface area contributed by atoms with E-state index in [1.807, 2.05) is 73.9 Å². The average Bonchev–Trinajstić information content (AvgIpc) is 3.50. The van der Waals surface area contributed by atoms with Crippen molar-refractivity contribution in [3.8, 4) is 28.3 Å². The van der Waals surface area contributed by atoms with Crippen LogP contribution in [0.1, 0.15) is 26.3 Å². The van der Waals surface area contributed by atoms with Gasteiger partial charge >= 0.3 is 6.09 Å². The van der Waals surface area contributed by atoms with Gasteiger partial charge < -0.3 is 10.8 Å². The second-order valence-corrected chi connectivity index (χ2v) is 9.44. The lowest BCUT2D eigenvalue weighted by Crippen LogP contribution is -2.44. The summed E-state index contributed by atoms with van der Waals surface area (Å²) in [6, 6.07) is 15.2. The van der Waals surface area contributed by atoms with Crippen LogP contribution in [0.2, 0.25) is 0 Å². The third-order valence-electron chi connectivity index (χ3n) is 5.95. The molecule has 0 fully saturated rings. The topological polar surface area (TPSA) is 139 Å². The number of imidazole rings is 1. The highest BCUT2D eigenvalue weighted by Gasteiger charge is 2.26. The first-order valence-corrected chi connectivity index (χ1v) is 11.4. The summed E-state index contributed by atoms with van der Waals surface area (Å²) in [5.41, 5.74) is 11.0. The average molecular weight is 483 g/mol. The Morgan fingerprint density at radius 3 is 2.53 bits per heavy atom. The summed E-state index contributed by atoms with van der Waals surface area (Å²) in [5.74, 6) is 0.977. The number of hydrogen-bond donors (Lipinski definition) is 3. The number of aromatic amines is 1. The molecule has 10 nitrogen and oxygen atoms in total. The number of nitrogens with zero attached hydrogens (tertiary/aromatic N) is 6. The largest absolute Gasteiger partial charge is 0.465 e. The molecule has 1 amide bonds. The van der Waals surface area contributed by atoms with Gasteiger partial charge in [0.1, 0.15) is 11.3 Å². The first kappa shape index (κ1) is 23.0. The number of fused-ring (bicyclic) bond motifs is 1. The van der Waals surface area contributed by atoms with Crippen LogP contribution >= 0.6 is 0 Å². The van der Waals surface area contributed by atoms with Crippen LogP contribution in [0.15, 0.2) is 67.1 Å². The Labute approximate surface area is 207 Å². The van der Waals surface area contributed by atoms with E-state index in [0.29, 0.717) is 28.4 Å². The number of hydrogen-bond acceptors (Lipinski definition) is 6. The van der Waals surface area contributed by atoms with E-state index in [0.717, 1.165) is 22.5 Å². The molecule has 0 radical (unpaired) electrons. The molecular formula is C26H26N8O2. The van der Waals surface area contributed by atoms with E-state index < -0.39 is 11.6 Å². The van der Waals surface area contributed by atoms with Crippen LogP contribution < -0.4 is 5.73 Å². The molecule has 0 saturated heterocycles. The lowest BCUT2D eigenvalue weighted by Gasteiger charge is -2.33. The number of pyridine rings is 2. The quantitative estimate of drug-likeness (QED) is 0.329. The SMILES string of the molecule is CC(C)(C)N(Cc1ccc(-n2c(-c3cccnc3N)nc3ccc(-c4cn[nH]c4)nc32)cc1)C(=O)O. The molecule has 0 atom stereocenters. The number of nitrogen functional groups attached to an aromatic ring is 1. The van der Waals surface area contributed by atoms with Crippen LogP contribution in [0, 0.1) is 0 Å². The standard InChI is InChI=1S/C26H26N8O2/c1-26(2,3)33(25(35)36)15-16-6-8-18(9-7-16)34-23(19-5-4-12-28-22(19)27)32-21-11-10-20(31-24(21)34)17-13-29-30-14-17/h4-14H,15H2,1-3H3,(H2,27,28)(H,29,30)(H,35,36). The zero-order valence-electron chi connectivity index (χ0n) is 20.2. The summed E-state index contributed by atoms with van der Waals surface area (Å²) in [7, 11) is 0. The summed E-state index contributed by atoms with van der Waals surface area (Å²) in [6.45, 7) is 5.90. The highest BCUT2D eigenvalue weighted by molar-refractivity contribution is 5.84. The van der Waals surface area contributed by atoms with Crippen LogP contribution in [0.25, 0.3) is 39.5 Å². The number of benzene rings is 1. The normalized spacial score (nSPS) is 11.6. The molecule has 0 saturated carbocycles. The Balaban J connectivity index is 1.64. The van der Waals surface area contributed by atoms with Crippen LogP contribution in [0.3, 0.4) is 0 Å². The molecule has 0 aliphatic carbocycles. The molecule has 0 aliphatic heterocycles. The predicted octanol–water partition coefficient (Wildman–Crippen LogP) is 4.73. The molecule has 0 aliphatic rings. The summed E-state index contributed by atoms with van der Waals surface area (Å²) >= 11 is 0. The summed E-state index contributed by atoms with van der Waals surface area (Å²) in [5, 5.41) is 16.5. The summed E-state index contributed by atoms with van der Waals surface area (Å²) < 4.78 is 1.94. The number of nitrogens with two attached hydrogens (primary N) is 1. The van der Waals surface area contributed by atoms with Crippen molar-refractivity contribution in [1.82, 2.24) is 34.6 Å². The van der Waals surface area contributed by atoms with Crippen molar-refractivity contribution in [2.45, 2.75) is 32.9 Å². The second kappa shape index (κ2) is 8.81. The number of nitrogens with one attached hydrogen (secondary N) is 1. The maximum Gasteiger partial charge on any atom is 0.408 e. The fourth-order valence-electron chi connectivity index (χ4n) is 4.07. The van der Waals surface area contributed by atoms with Crippen LogP contribution in [0.4, 0.5) is 10.6 Å². The Morgan fingerprint density at radius 2 is 1.89 bits per heavy atom. The smallest absolute Gasteiger partial charge is 0.408 e. The van der Waals surface area contributed by atoms with Crippen molar-refractivity contribution in [1.29, 1.82) is 0 Å². The van der Waals surface area contributed by atoms with E-state index in [-0.39, 0.29) is 6.54 Å². The zero-order valence-corrected chi connectivity index (χ0v) is 20.2. The van der Waals surface area contributed by atoms with Gasteiger partial charge in [0.05, 0.1) is 17.5 Å². The summed E-state index contributed by atoms with van der Waals surface area (Å²) in [4.78, 5) is 27.2. The van der Waals surface area contributed by atoms with Crippen molar-refractivity contribution >= 4 is 23.1 Å². The fraction of sp³-hybridized carbons (Fsp3) is 0.192. The first-order chi connectivity index (χ1) is 17.2. The monoisotopic (exact) mass is 482 g/mol. The molecule has 0 unspecified atom stereocenters. The van der Waals surface area contributed by atoms with E-state index >= 15 is 0 Å². The number of amides is 1. The molecular weight excluding hydrogens is 456 g/mol. The molecule has 1 aromatic carbocycles. The van der Waals surface area contributed by atoms with Gasteiger partial charge in [-0.15, -0.1) is 0 Å². The van der Waals surface area contributed by atoms with Crippen molar-refractivity contribution < 1.29 is 9.90 Å². The molecule has 4 N–H and O–H groups in total. The Morgan fingerprint density at radius 1 is 1.11 bits per heavy atom. The minimum absolute atomic E-state index is 0.273. The number of carboxylic acid groups (broad SMARTS) is 1. The van der Waals surface area contributed by atoms with Crippen LogP contribution in [-0.2, 0) is 6.54 Å².